The minimum Gasteiger partial charge on any atom is -0.340 e. The molecule has 2 aromatic carbocycles. The number of hydrogen-bond acceptors (Lipinski definition) is 6. The summed E-state index contributed by atoms with van der Waals surface area (Å²) in [7, 11) is 0. The van der Waals surface area contributed by atoms with Gasteiger partial charge in [0.1, 0.15) is 24.3 Å². The molecule has 156 valence electrons. The normalized spacial score (nSPS) is 10.8. The Morgan fingerprint density at radius 2 is 1.81 bits per heavy atom. The third kappa shape index (κ3) is 5.23. The lowest BCUT2D eigenvalue weighted by Gasteiger charge is -2.11. The zero-order valence-corrected chi connectivity index (χ0v) is 16.8. The lowest BCUT2D eigenvalue weighted by atomic mass is 10.2. The highest BCUT2D eigenvalue weighted by molar-refractivity contribution is 7.99. The standard InChI is InChI=1S/C21H16F2N6OS/c22-21(23)31-17-4-2-1-3-16(17)20(30)28-15-7-5-14(6-8-15)27-18-11-19(26-12-25-18)29-10-9-24-13-29/h1-13,21H,(H,28,30)(H,25,26,27). The van der Waals surface area contributed by atoms with Gasteiger partial charge in [0.2, 0.25) is 0 Å². The molecule has 7 nitrogen and oxygen atoms in total. The van der Waals surface area contributed by atoms with E-state index in [0.29, 0.717) is 29.1 Å². The summed E-state index contributed by atoms with van der Waals surface area (Å²) >= 11 is 0.346. The fraction of sp³-hybridized carbons (Fsp3) is 0.0476. The number of carbonyl (C=O) groups is 1. The van der Waals surface area contributed by atoms with E-state index in [2.05, 4.69) is 25.6 Å². The number of hydrogen-bond donors (Lipinski definition) is 2. The number of alkyl halides is 2. The predicted molar refractivity (Wildman–Crippen MR) is 115 cm³/mol. The van der Waals surface area contributed by atoms with E-state index in [1.807, 2.05) is 0 Å². The van der Waals surface area contributed by atoms with Gasteiger partial charge in [0.05, 0.1) is 5.56 Å². The van der Waals surface area contributed by atoms with E-state index >= 15 is 0 Å². The van der Waals surface area contributed by atoms with Crippen LogP contribution in [-0.4, -0.2) is 31.2 Å². The van der Waals surface area contributed by atoms with Gasteiger partial charge >= 0.3 is 0 Å². The van der Waals surface area contributed by atoms with E-state index < -0.39 is 11.7 Å². The second-order valence-electron chi connectivity index (χ2n) is 6.26. The van der Waals surface area contributed by atoms with Crippen LogP contribution in [0.15, 0.2) is 84.5 Å². The third-order valence-corrected chi connectivity index (χ3v) is 4.97. The molecule has 10 heteroatoms. The molecule has 0 fully saturated rings. The zero-order valence-electron chi connectivity index (χ0n) is 15.9. The smallest absolute Gasteiger partial charge is 0.288 e. The molecule has 0 radical (unpaired) electrons. The first-order valence-electron chi connectivity index (χ1n) is 9.11. The molecule has 2 N–H and O–H groups in total. The Kier molecular flexibility index (Phi) is 6.18. The van der Waals surface area contributed by atoms with Crippen molar-refractivity contribution in [2.75, 3.05) is 10.6 Å². The summed E-state index contributed by atoms with van der Waals surface area (Å²) in [5, 5.41) is 5.89. The first kappa shape index (κ1) is 20.5. The summed E-state index contributed by atoms with van der Waals surface area (Å²) in [5.41, 5.74) is 1.49. The van der Waals surface area contributed by atoms with Crippen LogP contribution in [0.2, 0.25) is 0 Å². The van der Waals surface area contributed by atoms with Crippen molar-refractivity contribution in [1.82, 2.24) is 19.5 Å². The van der Waals surface area contributed by atoms with E-state index in [-0.39, 0.29) is 10.5 Å². The highest BCUT2D eigenvalue weighted by atomic mass is 32.2. The molecular formula is C21H16F2N6OS. The highest BCUT2D eigenvalue weighted by Crippen LogP contribution is 2.29. The fourth-order valence-corrected chi connectivity index (χ4v) is 3.42. The maximum atomic E-state index is 12.7. The topological polar surface area (TPSA) is 84.7 Å². The summed E-state index contributed by atoms with van der Waals surface area (Å²) in [5.74, 6) is -1.80. The van der Waals surface area contributed by atoms with Crippen molar-refractivity contribution in [1.29, 1.82) is 0 Å². The lowest BCUT2D eigenvalue weighted by Crippen LogP contribution is -2.13. The molecule has 2 aromatic heterocycles. The van der Waals surface area contributed by atoms with Crippen molar-refractivity contribution in [3.63, 3.8) is 0 Å². The van der Waals surface area contributed by atoms with Crippen molar-refractivity contribution in [2.45, 2.75) is 10.7 Å². The van der Waals surface area contributed by atoms with Crippen molar-refractivity contribution in [2.24, 2.45) is 0 Å². The number of carbonyl (C=O) groups excluding carboxylic acids is 1. The van der Waals surface area contributed by atoms with Crippen molar-refractivity contribution in [3.05, 3.63) is 85.2 Å². The maximum Gasteiger partial charge on any atom is 0.288 e. The van der Waals surface area contributed by atoms with Crippen LogP contribution in [0.3, 0.4) is 0 Å². The Balaban J connectivity index is 1.44. The maximum absolute atomic E-state index is 12.7. The van der Waals surface area contributed by atoms with Gasteiger partial charge in [-0.2, -0.15) is 8.78 Å². The molecule has 0 spiro atoms. The molecule has 0 bridgehead atoms. The predicted octanol–water partition coefficient (Wildman–Crippen LogP) is 4.97. The number of aromatic nitrogens is 4. The largest absolute Gasteiger partial charge is 0.340 e. The van der Waals surface area contributed by atoms with Gasteiger partial charge in [0.15, 0.2) is 0 Å². The van der Waals surface area contributed by atoms with Crippen LogP contribution in [0.25, 0.3) is 5.82 Å². The molecular weight excluding hydrogens is 422 g/mol. The van der Waals surface area contributed by atoms with Crippen LogP contribution in [0.1, 0.15) is 10.4 Å². The van der Waals surface area contributed by atoms with Crippen LogP contribution in [0, 0.1) is 0 Å². The molecule has 0 aliphatic heterocycles. The lowest BCUT2D eigenvalue weighted by molar-refractivity contribution is 0.102. The molecule has 0 aliphatic rings. The van der Waals surface area contributed by atoms with Gasteiger partial charge < -0.3 is 10.6 Å². The number of halogens is 2. The number of rotatable bonds is 7. The van der Waals surface area contributed by atoms with Gasteiger partial charge in [-0.3, -0.25) is 9.36 Å². The monoisotopic (exact) mass is 438 g/mol. The van der Waals surface area contributed by atoms with Crippen LogP contribution >= 0.6 is 11.8 Å². The van der Waals surface area contributed by atoms with Crippen molar-refractivity contribution < 1.29 is 13.6 Å². The quantitative estimate of drug-likeness (QED) is 0.396. The van der Waals surface area contributed by atoms with Gasteiger partial charge in [-0.05, 0) is 36.4 Å². The first-order valence-corrected chi connectivity index (χ1v) is 9.99. The Morgan fingerprint density at radius 3 is 2.55 bits per heavy atom. The minimum atomic E-state index is -2.60. The molecule has 0 unspecified atom stereocenters. The van der Waals surface area contributed by atoms with Crippen LogP contribution in [0.4, 0.5) is 26.0 Å². The average Bonchev–Trinajstić information content (AvgIpc) is 3.30. The Morgan fingerprint density at radius 1 is 1.03 bits per heavy atom. The second kappa shape index (κ2) is 9.35. The van der Waals surface area contributed by atoms with Crippen molar-refractivity contribution in [3.8, 4) is 5.82 Å². The van der Waals surface area contributed by atoms with E-state index in [0.717, 1.165) is 5.69 Å². The Bertz CT molecular complexity index is 1170. The van der Waals surface area contributed by atoms with Crippen LogP contribution in [-0.2, 0) is 0 Å². The number of nitrogens with one attached hydrogen (secondary N) is 2. The summed E-state index contributed by atoms with van der Waals surface area (Å²) in [6.07, 6.45) is 6.52. The van der Waals surface area contributed by atoms with Crippen molar-refractivity contribution >= 4 is 34.9 Å². The number of thioether (sulfide) groups is 1. The number of amides is 1. The van der Waals surface area contributed by atoms with Gasteiger partial charge in [0.25, 0.3) is 11.7 Å². The molecule has 0 saturated carbocycles. The SMILES string of the molecule is O=C(Nc1ccc(Nc2cc(-n3ccnc3)ncn2)cc1)c1ccccc1SC(F)F. The zero-order chi connectivity index (χ0) is 21.6. The highest BCUT2D eigenvalue weighted by Gasteiger charge is 2.15. The summed E-state index contributed by atoms with van der Waals surface area (Å²) in [6.45, 7) is 0. The molecule has 31 heavy (non-hydrogen) atoms. The molecule has 4 aromatic rings. The number of imidazole rings is 1. The summed E-state index contributed by atoms with van der Waals surface area (Å²) in [6, 6.07) is 15.0. The van der Waals surface area contributed by atoms with Crippen LogP contribution in [0.5, 0.6) is 0 Å². The van der Waals surface area contributed by atoms with Gasteiger partial charge in [-0.25, -0.2) is 15.0 Å². The molecule has 0 aliphatic carbocycles. The third-order valence-electron chi connectivity index (χ3n) is 4.18. The number of anilines is 3. The van der Waals surface area contributed by atoms with Gasteiger partial charge in [0, 0.05) is 34.7 Å². The molecule has 1 amide bonds. The Hall–Kier alpha value is -3.79. The van der Waals surface area contributed by atoms with E-state index in [1.165, 1.54) is 18.5 Å². The van der Waals surface area contributed by atoms with E-state index in [1.54, 1.807) is 65.8 Å². The van der Waals surface area contributed by atoms with Crippen LogP contribution < -0.4 is 10.6 Å². The fourth-order valence-electron chi connectivity index (χ4n) is 2.79. The second-order valence-corrected chi connectivity index (χ2v) is 7.29. The number of benzene rings is 2. The molecule has 4 rings (SSSR count). The Labute approximate surface area is 180 Å². The summed E-state index contributed by atoms with van der Waals surface area (Å²) in [4.78, 5) is 25.2. The summed E-state index contributed by atoms with van der Waals surface area (Å²) < 4.78 is 27.2. The molecule has 2 heterocycles. The molecule has 0 atom stereocenters. The minimum absolute atomic E-state index is 0.197. The molecule has 0 saturated heterocycles. The van der Waals surface area contributed by atoms with E-state index in [4.69, 9.17) is 0 Å². The first-order chi connectivity index (χ1) is 15.1. The average molecular weight is 438 g/mol. The van der Waals surface area contributed by atoms with Gasteiger partial charge in [-0.1, -0.05) is 23.9 Å². The number of nitrogens with zero attached hydrogens (tertiary/aromatic N) is 4. The van der Waals surface area contributed by atoms with E-state index in [9.17, 15) is 13.6 Å². The van der Waals surface area contributed by atoms with Gasteiger partial charge in [-0.15, -0.1) is 0 Å².